The summed E-state index contributed by atoms with van der Waals surface area (Å²) < 4.78 is 19.2. The number of hydrogen-bond donors (Lipinski definition) is 0. The molecule has 0 bridgehead atoms. The van der Waals surface area contributed by atoms with E-state index in [-0.39, 0.29) is 16.3 Å². The Kier molecular flexibility index (Phi) is 5.56. The molecule has 122 valence electrons. The van der Waals surface area contributed by atoms with E-state index < -0.39 is 11.6 Å². The van der Waals surface area contributed by atoms with Crippen LogP contribution in [0.3, 0.4) is 0 Å². The molecule has 0 unspecified atom stereocenters. The molecule has 0 saturated carbocycles. The number of halogens is 2. The highest BCUT2D eigenvalue weighted by Crippen LogP contribution is 2.24. The van der Waals surface area contributed by atoms with E-state index in [1.165, 1.54) is 24.4 Å². The van der Waals surface area contributed by atoms with Gasteiger partial charge in [0, 0.05) is 25.9 Å². The van der Waals surface area contributed by atoms with E-state index in [1.54, 1.807) is 43.3 Å². The molecule has 0 aliphatic heterocycles. The van der Waals surface area contributed by atoms with Crippen molar-refractivity contribution in [2.75, 3.05) is 14.1 Å². The van der Waals surface area contributed by atoms with E-state index in [0.29, 0.717) is 11.3 Å². The molecule has 4 nitrogen and oxygen atoms in total. The van der Waals surface area contributed by atoms with Gasteiger partial charge in [-0.1, -0.05) is 17.7 Å². The average Bonchev–Trinajstić information content (AvgIpc) is 2.56. The third-order valence-electron chi connectivity index (χ3n) is 3.01. The molecular weight excluding hydrogens is 331 g/mol. The summed E-state index contributed by atoms with van der Waals surface area (Å²) in [6.07, 6.45) is 1.47. The maximum Gasteiger partial charge on any atom is 0.231 e. The van der Waals surface area contributed by atoms with E-state index in [9.17, 15) is 9.18 Å². The minimum Gasteiger partial charge on any atom is -0.452 e. The van der Waals surface area contributed by atoms with Gasteiger partial charge >= 0.3 is 0 Å². The van der Waals surface area contributed by atoms with Crippen molar-refractivity contribution in [3.05, 3.63) is 76.4 Å². The van der Waals surface area contributed by atoms with Gasteiger partial charge in [-0.25, -0.2) is 4.39 Å². The summed E-state index contributed by atoms with van der Waals surface area (Å²) in [6, 6.07) is 12.3. The molecule has 2 rings (SSSR count). The number of benzene rings is 2. The Morgan fingerprint density at radius 3 is 2.50 bits per heavy atom. The SMILES string of the molecule is CN(C)/C=C(\Oc1ccc(C#N)cc1)C(=O)c1cccc(F)c1Cl. The molecule has 24 heavy (non-hydrogen) atoms. The van der Waals surface area contributed by atoms with Gasteiger partial charge in [0.1, 0.15) is 11.6 Å². The molecule has 0 aromatic heterocycles. The summed E-state index contributed by atoms with van der Waals surface area (Å²) in [4.78, 5) is 14.3. The van der Waals surface area contributed by atoms with Crippen LogP contribution in [-0.4, -0.2) is 24.8 Å². The van der Waals surface area contributed by atoms with Gasteiger partial charge in [-0.3, -0.25) is 4.79 Å². The zero-order valence-electron chi connectivity index (χ0n) is 13.1. The Balaban J connectivity index is 2.36. The topological polar surface area (TPSA) is 53.3 Å². The molecule has 0 heterocycles. The highest BCUT2D eigenvalue weighted by atomic mass is 35.5. The molecule has 0 fully saturated rings. The molecule has 0 N–H and O–H groups in total. The number of hydrogen-bond acceptors (Lipinski definition) is 4. The molecule has 0 aliphatic carbocycles. The Morgan fingerprint density at radius 1 is 1.25 bits per heavy atom. The van der Waals surface area contributed by atoms with Crippen molar-refractivity contribution >= 4 is 17.4 Å². The van der Waals surface area contributed by atoms with Crippen molar-refractivity contribution in [3.8, 4) is 11.8 Å². The van der Waals surface area contributed by atoms with Crippen LogP contribution >= 0.6 is 11.6 Å². The number of allylic oxidation sites excluding steroid dienone is 1. The maximum absolute atomic E-state index is 13.6. The smallest absolute Gasteiger partial charge is 0.231 e. The molecule has 0 atom stereocenters. The van der Waals surface area contributed by atoms with Crippen LogP contribution in [0.5, 0.6) is 5.75 Å². The lowest BCUT2D eigenvalue weighted by Crippen LogP contribution is -2.15. The fourth-order valence-corrected chi connectivity index (χ4v) is 2.11. The normalized spacial score (nSPS) is 10.9. The largest absolute Gasteiger partial charge is 0.452 e. The second-order valence-electron chi connectivity index (χ2n) is 5.13. The van der Waals surface area contributed by atoms with Crippen LogP contribution in [0, 0.1) is 17.1 Å². The first-order chi connectivity index (χ1) is 11.4. The molecule has 0 amide bonds. The quantitative estimate of drug-likeness (QED) is 0.467. The predicted octanol–water partition coefficient (Wildman–Crippen LogP) is 4.02. The van der Waals surface area contributed by atoms with Crippen LogP contribution in [0.1, 0.15) is 15.9 Å². The van der Waals surface area contributed by atoms with Gasteiger partial charge in [0.2, 0.25) is 5.78 Å². The maximum atomic E-state index is 13.6. The molecule has 0 saturated heterocycles. The van der Waals surface area contributed by atoms with Crippen molar-refractivity contribution in [1.82, 2.24) is 4.90 Å². The third kappa shape index (κ3) is 4.12. The first-order valence-corrected chi connectivity index (χ1v) is 7.35. The number of nitriles is 1. The second kappa shape index (κ2) is 7.62. The van der Waals surface area contributed by atoms with E-state index >= 15 is 0 Å². The predicted molar refractivity (Wildman–Crippen MR) is 89.3 cm³/mol. The van der Waals surface area contributed by atoms with Crippen LogP contribution < -0.4 is 4.74 Å². The van der Waals surface area contributed by atoms with Crippen molar-refractivity contribution < 1.29 is 13.9 Å². The van der Waals surface area contributed by atoms with Crippen molar-refractivity contribution in [3.63, 3.8) is 0 Å². The molecule has 2 aromatic rings. The van der Waals surface area contributed by atoms with Gasteiger partial charge in [0.05, 0.1) is 16.7 Å². The van der Waals surface area contributed by atoms with Gasteiger partial charge in [-0.05, 0) is 36.4 Å². The van der Waals surface area contributed by atoms with E-state index in [4.69, 9.17) is 21.6 Å². The molecule has 2 aromatic carbocycles. The fourth-order valence-electron chi connectivity index (χ4n) is 1.90. The molecule has 6 heteroatoms. The third-order valence-corrected chi connectivity index (χ3v) is 3.39. The van der Waals surface area contributed by atoms with Gasteiger partial charge in [-0.15, -0.1) is 0 Å². The average molecular weight is 345 g/mol. The number of carbonyl (C=O) groups is 1. The Bertz CT molecular complexity index is 824. The van der Waals surface area contributed by atoms with E-state index in [0.717, 1.165) is 0 Å². The number of rotatable bonds is 5. The minimum absolute atomic E-state index is 0.0124. The number of ether oxygens (including phenoxy) is 1. The summed E-state index contributed by atoms with van der Waals surface area (Å²) in [5.41, 5.74) is 0.485. The van der Waals surface area contributed by atoms with Crippen LogP contribution in [0.2, 0.25) is 5.02 Å². The van der Waals surface area contributed by atoms with Crippen LogP contribution in [0.25, 0.3) is 0 Å². The molecule has 0 spiro atoms. The van der Waals surface area contributed by atoms with Crippen LogP contribution in [-0.2, 0) is 0 Å². The zero-order valence-corrected chi connectivity index (χ0v) is 13.8. The molecule has 0 radical (unpaired) electrons. The van der Waals surface area contributed by atoms with Gasteiger partial charge < -0.3 is 9.64 Å². The van der Waals surface area contributed by atoms with Crippen LogP contribution in [0.4, 0.5) is 4.39 Å². The first kappa shape index (κ1) is 17.5. The van der Waals surface area contributed by atoms with Crippen LogP contribution in [0.15, 0.2) is 54.4 Å². The fraction of sp³-hybridized carbons (Fsp3) is 0.111. The van der Waals surface area contributed by atoms with Crippen molar-refractivity contribution in [2.45, 2.75) is 0 Å². The lowest BCUT2D eigenvalue weighted by molar-refractivity contribution is 0.0982. The Hall–Kier alpha value is -2.84. The summed E-state index contributed by atoms with van der Waals surface area (Å²) in [5, 5.41) is 8.56. The van der Waals surface area contributed by atoms with E-state index in [1.807, 2.05) is 6.07 Å². The van der Waals surface area contributed by atoms with Crippen molar-refractivity contribution in [1.29, 1.82) is 5.26 Å². The Labute approximate surface area is 144 Å². The summed E-state index contributed by atoms with van der Waals surface area (Å²) >= 11 is 5.88. The first-order valence-electron chi connectivity index (χ1n) is 6.97. The van der Waals surface area contributed by atoms with Gasteiger partial charge in [0.25, 0.3) is 0 Å². The summed E-state index contributed by atoms with van der Waals surface area (Å²) in [7, 11) is 3.45. The minimum atomic E-state index is -0.676. The van der Waals surface area contributed by atoms with E-state index in [2.05, 4.69) is 0 Å². The van der Waals surface area contributed by atoms with Crippen molar-refractivity contribution in [2.24, 2.45) is 0 Å². The molecule has 0 aliphatic rings. The van der Waals surface area contributed by atoms with Gasteiger partial charge in [0.15, 0.2) is 5.76 Å². The molecular formula is C18H14ClFN2O2. The lowest BCUT2D eigenvalue weighted by atomic mass is 10.1. The highest BCUT2D eigenvalue weighted by Gasteiger charge is 2.20. The number of Topliss-reactive ketones (excluding diaryl/α,β-unsaturated/α-hetero) is 1. The second-order valence-corrected chi connectivity index (χ2v) is 5.50. The number of nitrogens with zero attached hydrogens (tertiary/aromatic N) is 2. The standard InChI is InChI=1S/C18H14ClFN2O2/c1-22(2)11-16(24-13-8-6-12(10-21)7-9-13)18(23)14-4-3-5-15(20)17(14)19/h3-9,11H,1-2H3/b16-11-. The number of ketones is 1. The zero-order chi connectivity index (χ0) is 17.7. The van der Waals surface area contributed by atoms with Gasteiger partial charge in [-0.2, -0.15) is 5.26 Å². The lowest BCUT2D eigenvalue weighted by Gasteiger charge is -2.13. The summed E-state index contributed by atoms with van der Waals surface area (Å²) in [6.45, 7) is 0. The monoisotopic (exact) mass is 344 g/mol. The number of carbonyl (C=O) groups excluding carboxylic acids is 1. The summed E-state index contributed by atoms with van der Waals surface area (Å²) in [5.74, 6) is -0.858. The highest BCUT2D eigenvalue weighted by molar-refractivity contribution is 6.35. The Morgan fingerprint density at radius 2 is 1.92 bits per heavy atom.